The number of Topliss-reactive ketones (excluding diaryl/α,β-unsaturated/α-hetero) is 2. The number of hydrogen-bond acceptors (Lipinski definition) is 5. The number of benzene rings is 1. The Morgan fingerprint density at radius 3 is 2.82 bits per heavy atom. The fourth-order valence-corrected chi connectivity index (χ4v) is 1.64. The quantitative estimate of drug-likeness (QED) is 0.429. The molecule has 0 aliphatic carbocycles. The molecule has 0 saturated heterocycles. The summed E-state index contributed by atoms with van der Waals surface area (Å²) in [5.74, 6) is -0.556. The number of nitrogens with one attached hydrogen (secondary N) is 1. The number of nitrogens with two attached hydrogens (primary N) is 1. The van der Waals surface area contributed by atoms with Crippen molar-refractivity contribution in [1.29, 1.82) is 0 Å². The summed E-state index contributed by atoms with van der Waals surface area (Å²) < 4.78 is 0. The lowest BCUT2D eigenvalue weighted by atomic mass is 10.1. The summed E-state index contributed by atoms with van der Waals surface area (Å²) in [4.78, 5) is 26.3. The number of hydrogen-bond donors (Lipinski definition) is 2. The van der Waals surface area contributed by atoms with Crippen LogP contribution in [0.3, 0.4) is 0 Å². The molecule has 0 fully saturated rings. The molecule has 1 aliphatic rings. The van der Waals surface area contributed by atoms with Crippen LogP contribution in [-0.2, 0) is 4.79 Å². The Bertz CT molecular complexity index is 537. The Kier molecular flexibility index (Phi) is 2.74. The summed E-state index contributed by atoms with van der Waals surface area (Å²) in [6.45, 7) is 1.35. The third-order valence-electron chi connectivity index (χ3n) is 2.45. The number of hydroxylamine groups is 1. The highest BCUT2D eigenvalue weighted by Gasteiger charge is 2.22. The molecular weight excluding hydrogens is 222 g/mol. The van der Waals surface area contributed by atoms with Crippen molar-refractivity contribution in [1.82, 2.24) is 0 Å². The van der Waals surface area contributed by atoms with Crippen molar-refractivity contribution in [2.75, 3.05) is 0 Å². The third kappa shape index (κ3) is 2.08. The van der Waals surface area contributed by atoms with Crippen molar-refractivity contribution in [3.63, 3.8) is 0 Å². The van der Waals surface area contributed by atoms with Gasteiger partial charge in [-0.05, 0) is 19.1 Å². The monoisotopic (exact) mass is 233 g/mol. The van der Waals surface area contributed by atoms with Crippen LogP contribution in [-0.4, -0.2) is 17.5 Å². The maximum Gasteiger partial charge on any atom is 0.304 e. The second-order valence-electron chi connectivity index (χ2n) is 3.86. The van der Waals surface area contributed by atoms with Gasteiger partial charge in [0.05, 0.1) is 6.42 Å². The number of guanidine groups is 1. The summed E-state index contributed by atoms with van der Waals surface area (Å²) in [6, 6.07) is 4.50. The lowest BCUT2D eigenvalue weighted by Gasteiger charge is -2.14. The van der Waals surface area contributed by atoms with Gasteiger partial charge >= 0.3 is 5.96 Å². The van der Waals surface area contributed by atoms with Crippen LogP contribution in [0.15, 0.2) is 23.2 Å². The van der Waals surface area contributed by atoms with Gasteiger partial charge in [-0.25, -0.2) is 0 Å². The Hall–Kier alpha value is -2.05. The number of carbonyl (C=O) groups excluding carboxylic acids is 2. The standard InChI is InChI=1S/C11H11N3O3/c1-6(15)4-10(16)7-2-3-9-8(5-7)13-11(12)14(9)17/h2-3,5,14H,4H2,1H3,(H2,12,13). The van der Waals surface area contributed by atoms with Crippen molar-refractivity contribution in [2.24, 2.45) is 10.7 Å². The molecule has 0 bridgehead atoms. The summed E-state index contributed by atoms with van der Waals surface area (Å²) in [7, 11) is 0. The molecule has 17 heavy (non-hydrogen) atoms. The van der Waals surface area contributed by atoms with Gasteiger partial charge in [0.1, 0.15) is 11.5 Å². The van der Waals surface area contributed by atoms with E-state index >= 15 is 0 Å². The van der Waals surface area contributed by atoms with Crippen molar-refractivity contribution in [3.8, 4) is 0 Å². The smallest absolute Gasteiger partial charge is 0.304 e. The summed E-state index contributed by atoms with van der Waals surface area (Å²) in [5, 5.41) is 11.1. The van der Waals surface area contributed by atoms with E-state index < -0.39 is 0 Å². The normalized spacial score (nSPS) is 17.5. The molecule has 1 atom stereocenters. The largest absolute Gasteiger partial charge is 0.621 e. The van der Waals surface area contributed by atoms with Crippen LogP contribution in [0.5, 0.6) is 0 Å². The number of aliphatic imine (C=N–C) groups is 1. The maximum absolute atomic E-state index is 11.6. The lowest BCUT2D eigenvalue weighted by molar-refractivity contribution is -0.665. The predicted octanol–water partition coefficient (Wildman–Crippen LogP) is -0.178. The first-order chi connectivity index (χ1) is 7.99. The zero-order valence-electron chi connectivity index (χ0n) is 9.19. The minimum atomic E-state index is -0.328. The first-order valence-electron chi connectivity index (χ1n) is 5.04. The van der Waals surface area contributed by atoms with E-state index in [1.807, 2.05) is 0 Å². The topological polar surface area (TPSA) is 100 Å². The van der Waals surface area contributed by atoms with Gasteiger partial charge in [-0.15, -0.1) is 0 Å². The van der Waals surface area contributed by atoms with E-state index in [9.17, 15) is 14.8 Å². The van der Waals surface area contributed by atoms with Crippen molar-refractivity contribution < 1.29 is 14.7 Å². The zero-order valence-corrected chi connectivity index (χ0v) is 9.19. The van der Waals surface area contributed by atoms with Crippen LogP contribution >= 0.6 is 0 Å². The highest BCUT2D eigenvalue weighted by Crippen LogP contribution is 2.26. The van der Waals surface area contributed by atoms with E-state index in [4.69, 9.17) is 5.73 Å². The van der Waals surface area contributed by atoms with Crippen molar-refractivity contribution in [2.45, 2.75) is 13.3 Å². The Labute approximate surface area is 97.3 Å². The van der Waals surface area contributed by atoms with E-state index in [0.717, 1.165) is 0 Å². The number of nitrogens with zero attached hydrogens (tertiary/aromatic N) is 1. The van der Waals surface area contributed by atoms with E-state index in [-0.39, 0.29) is 29.0 Å². The second kappa shape index (κ2) is 4.08. The van der Waals surface area contributed by atoms with Gasteiger partial charge in [0.25, 0.3) is 0 Å². The third-order valence-corrected chi connectivity index (χ3v) is 2.45. The van der Waals surface area contributed by atoms with Crippen LogP contribution in [0, 0.1) is 5.21 Å². The van der Waals surface area contributed by atoms with Gasteiger partial charge in [0, 0.05) is 11.6 Å². The Morgan fingerprint density at radius 1 is 1.47 bits per heavy atom. The number of rotatable bonds is 3. The molecule has 0 aromatic heterocycles. The fraction of sp³-hybridized carbons (Fsp3) is 0.182. The van der Waals surface area contributed by atoms with Gasteiger partial charge < -0.3 is 10.9 Å². The Morgan fingerprint density at radius 2 is 2.18 bits per heavy atom. The van der Waals surface area contributed by atoms with Crippen LogP contribution in [0.1, 0.15) is 23.7 Å². The average Bonchev–Trinajstić information content (AvgIpc) is 2.53. The van der Waals surface area contributed by atoms with Crippen LogP contribution in [0.2, 0.25) is 0 Å². The fourth-order valence-electron chi connectivity index (χ4n) is 1.64. The van der Waals surface area contributed by atoms with Gasteiger partial charge in [-0.2, -0.15) is 4.99 Å². The van der Waals surface area contributed by atoms with E-state index in [1.54, 1.807) is 0 Å². The molecule has 0 radical (unpaired) electrons. The van der Waals surface area contributed by atoms with E-state index in [1.165, 1.54) is 25.1 Å². The van der Waals surface area contributed by atoms with Gasteiger partial charge in [-0.1, -0.05) is 0 Å². The molecule has 1 aromatic carbocycles. The molecule has 0 saturated carbocycles. The molecule has 0 spiro atoms. The van der Waals surface area contributed by atoms with E-state index in [0.29, 0.717) is 16.9 Å². The molecule has 1 unspecified atom stereocenters. The summed E-state index contributed by atoms with van der Waals surface area (Å²) >= 11 is 0. The van der Waals surface area contributed by atoms with Crippen LogP contribution < -0.4 is 10.8 Å². The molecule has 6 heteroatoms. The molecule has 0 amide bonds. The molecular formula is C11H11N3O3. The summed E-state index contributed by atoms with van der Waals surface area (Å²) in [6.07, 6.45) is -0.147. The summed E-state index contributed by atoms with van der Waals surface area (Å²) in [5.41, 5.74) is 6.54. The molecule has 1 aromatic rings. The second-order valence-corrected chi connectivity index (χ2v) is 3.86. The average molecular weight is 233 g/mol. The molecule has 2 rings (SSSR count). The number of fused-ring (bicyclic) bond motifs is 1. The lowest BCUT2D eigenvalue weighted by Crippen LogP contribution is -3.05. The highest BCUT2D eigenvalue weighted by molar-refractivity contribution is 6.08. The minimum Gasteiger partial charge on any atom is -0.621 e. The van der Waals surface area contributed by atoms with Crippen molar-refractivity contribution >= 4 is 28.9 Å². The van der Waals surface area contributed by atoms with Gasteiger partial charge in [0.15, 0.2) is 11.5 Å². The first-order valence-corrected chi connectivity index (χ1v) is 5.04. The van der Waals surface area contributed by atoms with Gasteiger partial charge in [0.2, 0.25) is 0 Å². The zero-order chi connectivity index (χ0) is 12.6. The maximum atomic E-state index is 11.6. The molecule has 1 heterocycles. The first kappa shape index (κ1) is 11.4. The molecule has 6 nitrogen and oxygen atoms in total. The molecule has 1 aliphatic heterocycles. The van der Waals surface area contributed by atoms with Gasteiger partial charge in [-0.3, -0.25) is 14.7 Å². The molecule has 3 N–H and O–H groups in total. The van der Waals surface area contributed by atoms with Crippen LogP contribution in [0.4, 0.5) is 11.4 Å². The number of quaternary nitrogens is 1. The molecule has 88 valence electrons. The number of ketones is 2. The predicted molar refractivity (Wildman–Crippen MR) is 61.3 cm³/mol. The SMILES string of the molecule is CC(=O)CC(=O)c1ccc2c(c1)N=C(N)[NH+]2[O-]. The van der Waals surface area contributed by atoms with E-state index in [2.05, 4.69) is 4.99 Å². The highest BCUT2D eigenvalue weighted by atomic mass is 16.5. The Balaban J connectivity index is 2.32. The number of carbonyl (C=O) groups is 2. The van der Waals surface area contributed by atoms with Crippen LogP contribution in [0.25, 0.3) is 0 Å². The van der Waals surface area contributed by atoms with Crippen molar-refractivity contribution in [3.05, 3.63) is 29.0 Å². The minimum absolute atomic E-state index is 0.0730.